The molecule has 4 rings (SSSR count). The zero-order valence-corrected chi connectivity index (χ0v) is 30.1. The number of aliphatic hydroxyl groups excluding tert-OH is 1. The number of pyridine rings is 1. The molecular weight excluding hydrogens is 670 g/mol. The van der Waals surface area contributed by atoms with Gasteiger partial charge in [-0.3, -0.25) is 9.55 Å². The Morgan fingerprint density at radius 3 is 2.22 bits per heavy atom. The normalized spacial score (nSPS) is 13.0. The molecule has 248 valence electrons. The van der Waals surface area contributed by atoms with Gasteiger partial charge in [0.1, 0.15) is 17.2 Å². The van der Waals surface area contributed by atoms with Crippen LogP contribution < -0.4 is 13.8 Å². The van der Waals surface area contributed by atoms with Gasteiger partial charge in [0.05, 0.1) is 31.0 Å². The molecule has 0 aliphatic rings. The number of aromatic nitrogens is 4. The Hall–Kier alpha value is -3.50. The van der Waals surface area contributed by atoms with Crippen molar-refractivity contribution < 1.29 is 31.4 Å². The van der Waals surface area contributed by atoms with E-state index in [0.29, 0.717) is 28.8 Å². The molecule has 0 aliphatic heterocycles. The molecule has 2 aromatic carbocycles. The number of halogens is 1. The number of rotatable bonds is 13. The van der Waals surface area contributed by atoms with Gasteiger partial charge in [0.25, 0.3) is 0 Å². The Morgan fingerprint density at radius 2 is 1.65 bits per heavy atom. The van der Waals surface area contributed by atoms with Gasteiger partial charge < -0.3 is 14.6 Å². The van der Waals surface area contributed by atoms with Crippen molar-refractivity contribution in [3.8, 4) is 28.6 Å². The molecule has 1 N–H and O–H groups in total. The quantitative estimate of drug-likeness (QED) is 0.190. The molecule has 0 fully saturated rings. The van der Waals surface area contributed by atoms with E-state index in [1.165, 1.54) is 32.4 Å². The minimum Gasteiger partial charge on any atom is -0.494 e. The summed E-state index contributed by atoms with van der Waals surface area (Å²) >= 11 is 6.05. The summed E-state index contributed by atoms with van der Waals surface area (Å²) in [6, 6.07) is 11.4. The molecule has 0 amide bonds. The maximum atomic E-state index is 14.4. The van der Waals surface area contributed by atoms with Gasteiger partial charge in [-0.1, -0.05) is 43.4 Å². The molecule has 0 aliphatic carbocycles. The number of ether oxygens (including phenoxy) is 2. The Bertz CT molecular complexity index is 1920. The van der Waals surface area contributed by atoms with Crippen molar-refractivity contribution in [1.29, 1.82) is 0 Å². The summed E-state index contributed by atoms with van der Waals surface area (Å²) in [5.74, 6) is 0.0942. The van der Waals surface area contributed by atoms with E-state index < -0.39 is 39.8 Å². The van der Waals surface area contributed by atoms with Gasteiger partial charge in [-0.25, -0.2) is 21.1 Å². The number of para-hydroxylation sites is 1. The first-order valence-electron chi connectivity index (χ1n) is 14.2. The van der Waals surface area contributed by atoms with Gasteiger partial charge in [-0.05, 0) is 48.9 Å². The van der Waals surface area contributed by atoms with Crippen molar-refractivity contribution in [2.24, 2.45) is 0 Å². The molecule has 4 aromatic rings. The van der Waals surface area contributed by atoms with Crippen LogP contribution in [0.5, 0.6) is 11.5 Å². The van der Waals surface area contributed by atoms with Crippen LogP contribution >= 0.6 is 11.6 Å². The molecular formula is C30H38ClN5O7S2Si. The summed E-state index contributed by atoms with van der Waals surface area (Å²) in [5, 5.41) is 20.3. The molecule has 2 aromatic heterocycles. The van der Waals surface area contributed by atoms with E-state index >= 15 is 0 Å². The second-order valence-electron chi connectivity index (χ2n) is 12.1. The third-order valence-corrected chi connectivity index (χ3v) is 12.0. The molecule has 12 nitrogen and oxygen atoms in total. The van der Waals surface area contributed by atoms with Crippen molar-refractivity contribution in [2.45, 2.75) is 43.6 Å². The molecule has 0 spiro atoms. The number of sulfonamides is 1. The van der Waals surface area contributed by atoms with Crippen molar-refractivity contribution in [3.63, 3.8) is 0 Å². The number of sulfone groups is 1. The number of hydrogen-bond acceptors (Lipinski definition) is 10. The first-order chi connectivity index (χ1) is 21.5. The number of anilines is 1. The third kappa shape index (κ3) is 7.89. The first-order valence-corrected chi connectivity index (χ1v) is 21.8. The molecule has 0 radical (unpaired) electrons. The van der Waals surface area contributed by atoms with Gasteiger partial charge in [0.15, 0.2) is 15.7 Å². The van der Waals surface area contributed by atoms with E-state index in [4.69, 9.17) is 21.1 Å². The monoisotopic (exact) mass is 707 g/mol. The van der Waals surface area contributed by atoms with E-state index in [0.717, 1.165) is 16.1 Å². The van der Waals surface area contributed by atoms with E-state index in [1.807, 2.05) is 13.0 Å². The average Bonchev–Trinajstić information content (AvgIpc) is 3.39. The van der Waals surface area contributed by atoms with Gasteiger partial charge in [-0.2, -0.15) is 0 Å². The number of hydrogen-bond donors (Lipinski definition) is 1. The first kappa shape index (κ1) is 35.4. The fourth-order valence-corrected chi connectivity index (χ4v) is 8.61. The van der Waals surface area contributed by atoms with Crippen LogP contribution in [0.2, 0.25) is 30.7 Å². The lowest BCUT2D eigenvalue weighted by molar-refractivity contribution is 0.198. The van der Waals surface area contributed by atoms with E-state index in [9.17, 15) is 21.9 Å². The van der Waals surface area contributed by atoms with Crippen LogP contribution in [0, 0.1) is 6.92 Å². The number of nitrogens with zero attached hydrogens (tertiary/aromatic N) is 5. The van der Waals surface area contributed by atoms with Gasteiger partial charge in [0.2, 0.25) is 16.0 Å². The summed E-state index contributed by atoms with van der Waals surface area (Å²) < 4.78 is 68.0. The van der Waals surface area contributed by atoms with E-state index in [1.54, 1.807) is 35.2 Å². The van der Waals surface area contributed by atoms with E-state index in [-0.39, 0.29) is 33.8 Å². The Kier molecular flexibility index (Phi) is 10.5. The van der Waals surface area contributed by atoms with Crippen LogP contribution in [0.25, 0.3) is 17.1 Å². The van der Waals surface area contributed by atoms with Crippen molar-refractivity contribution >= 4 is 45.5 Å². The van der Waals surface area contributed by atoms with Crippen LogP contribution in [-0.4, -0.2) is 82.5 Å². The zero-order chi connectivity index (χ0) is 34.0. The highest BCUT2D eigenvalue weighted by Gasteiger charge is 2.35. The summed E-state index contributed by atoms with van der Waals surface area (Å²) in [6.45, 7) is 8.21. The lowest BCUT2D eigenvalue weighted by Gasteiger charge is -2.28. The van der Waals surface area contributed by atoms with Gasteiger partial charge >= 0.3 is 0 Å². The van der Waals surface area contributed by atoms with Crippen LogP contribution in [0.15, 0.2) is 59.8 Å². The molecule has 0 saturated carbocycles. The largest absolute Gasteiger partial charge is 0.494 e. The summed E-state index contributed by atoms with van der Waals surface area (Å²) in [4.78, 5) is 4.04. The van der Waals surface area contributed by atoms with Crippen LogP contribution in [0.1, 0.15) is 17.2 Å². The fourth-order valence-electron chi connectivity index (χ4n) is 4.84. The highest BCUT2D eigenvalue weighted by molar-refractivity contribution is 7.92. The predicted molar refractivity (Wildman–Crippen MR) is 181 cm³/mol. The van der Waals surface area contributed by atoms with Crippen LogP contribution in [0.4, 0.5) is 5.95 Å². The highest BCUT2D eigenvalue weighted by atomic mass is 35.5. The molecule has 0 unspecified atom stereocenters. The number of benzene rings is 2. The summed E-state index contributed by atoms with van der Waals surface area (Å²) in [6.07, 6.45) is 2.53. The molecule has 16 heteroatoms. The average molecular weight is 708 g/mol. The zero-order valence-electron chi connectivity index (χ0n) is 26.7. The minimum atomic E-state index is -4.41. The maximum absolute atomic E-state index is 14.4. The minimum absolute atomic E-state index is 0.0198. The standard InChI is InChI=1S/C30H38ClN5O7S2Si/c1-20-15-21(18-32-17-20)29-33-34-30(36(29)28-25(42-2)9-8-10-26(28)43-3)35(13-14-46(5,6)7)45(40,41)19-24(37)23-12-11-22(31)16-27(23)44(4,38)39/h8-12,15-18,24,37H,13-14,19H2,1-7H3/t24-/m0/s1. The highest BCUT2D eigenvalue weighted by Crippen LogP contribution is 2.39. The van der Waals surface area contributed by atoms with Crippen molar-refractivity contribution in [3.05, 3.63) is 71.0 Å². The smallest absolute Gasteiger partial charge is 0.246 e. The molecule has 0 saturated heterocycles. The van der Waals surface area contributed by atoms with Crippen molar-refractivity contribution in [2.75, 3.05) is 37.1 Å². The summed E-state index contributed by atoms with van der Waals surface area (Å²) in [5.41, 5.74) is 1.68. The maximum Gasteiger partial charge on any atom is 0.246 e. The summed E-state index contributed by atoms with van der Waals surface area (Å²) in [7, 11) is -7.15. The Labute approximate surface area is 276 Å². The Balaban J connectivity index is 1.97. The second-order valence-corrected chi connectivity index (χ2v) is 22.0. The second kappa shape index (κ2) is 13.7. The SMILES string of the molecule is COc1cccc(OC)c1-n1c(-c2cncc(C)c2)nnc1N(CC[Si](C)(C)C)S(=O)(=O)C[C@H](O)c1ccc(Cl)cc1S(C)(=O)=O. The van der Waals surface area contributed by atoms with Crippen LogP contribution in [-0.2, 0) is 19.9 Å². The molecule has 0 bridgehead atoms. The Morgan fingerprint density at radius 1 is 1.00 bits per heavy atom. The van der Waals surface area contributed by atoms with Crippen LogP contribution in [0.3, 0.4) is 0 Å². The topological polar surface area (TPSA) is 154 Å². The molecule has 46 heavy (non-hydrogen) atoms. The van der Waals surface area contributed by atoms with E-state index in [2.05, 4.69) is 34.8 Å². The number of aliphatic hydroxyl groups is 1. The fraction of sp³-hybridized carbons (Fsp3) is 0.367. The lowest BCUT2D eigenvalue weighted by atomic mass is 10.1. The third-order valence-electron chi connectivity index (χ3n) is 7.13. The molecule has 1 atom stereocenters. The van der Waals surface area contributed by atoms with Gasteiger partial charge in [0, 0.05) is 49.4 Å². The number of aryl methyl sites for hydroxylation is 1. The predicted octanol–water partition coefficient (Wildman–Crippen LogP) is 4.92. The van der Waals surface area contributed by atoms with Gasteiger partial charge in [-0.15, -0.1) is 10.2 Å². The van der Waals surface area contributed by atoms with Crippen molar-refractivity contribution in [1.82, 2.24) is 19.7 Å². The number of methoxy groups -OCH3 is 2. The molecule has 2 heterocycles. The lowest BCUT2D eigenvalue weighted by Crippen LogP contribution is -2.40.